The zero-order valence-electron chi connectivity index (χ0n) is 11.3. The number of fused-ring (bicyclic) bond motifs is 1. The molecular formula is C14H13N3O3. The largest absolute Gasteiger partial charge is 0.478 e. The number of carbonyl (C=O) groups is 1. The van der Waals surface area contributed by atoms with Crippen molar-refractivity contribution in [1.82, 2.24) is 14.8 Å². The van der Waals surface area contributed by atoms with Gasteiger partial charge < -0.3 is 9.52 Å². The molecule has 0 aromatic carbocycles. The van der Waals surface area contributed by atoms with Gasteiger partial charge in [0.05, 0.1) is 16.6 Å². The molecule has 20 heavy (non-hydrogen) atoms. The molecule has 0 fully saturated rings. The number of nitrogens with zero attached hydrogens (tertiary/aromatic N) is 3. The molecule has 0 amide bonds. The van der Waals surface area contributed by atoms with Gasteiger partial charge in [0.2, 0.25) is 0 Å². The number of hydrogen-bond acceptors (Lipinski definition) is 4. The van der Waals surface area contributed by atoms with Crippen molar-refractivity contribution in [3.05, 3.63) is 35.2 Å². The molecule has 102 valence electrons. The van der Waals surface area contributed by atoms with E-state index < -0.39 is 5.97 Å². The van der Waals surface area contributed by atoms with E-state index in [-0.39, 0.29) is 5.56 Å². The standard InChI is InChI=1S/C14H13N3O3/c1-7-4-5-11(20-7)10-6-9(14(18)19)12-8(2)16-17(3)13(12)15-10/h4-6H,1-3H3,(H,18,19). The average Bonchev–Trinajstić information content (AvgIpc) is 2.94. The van der Waals surface area contributed by atoms with E-state index in [0.717, 1.165) is 5.76 Å². The van der Waals surface area contributed by atoms with Gasteiger partial charge in [-0.25, -0.2) is 9.78 Å². The van der Waals surface area contributed by atoms with Gasteiger partial charge in [0, 0.05) is 7.05 Å². The molecule has 3 rings (SSSR count). The highest BCUT2D eigenvalue weighted by Crippen LogP contribution is 2.27. The lowest BCUT2D eigenvalue weighted by Crippen LogP contribution is -2.01. The Morgan fingerprint density at radius 1 is 1.35 bits per heavy atom. The Morgan fingerprint density at radius 2 is 2.10 bits per heavy atom. The second-order valence-electron chi connectivity index (χ2n) is 4.68. The van der Waals surface area contributed by atoms with Crippen LogP contribution in [0, 0.1) is 13.8 Å². The van der Waals surface area contributed by atoms with Crippen molar-refractivity contribution in [3.8, 4) is 11.5 Å². The molecule has 0 aliphatic carbocycles. The molecule has 1 N–H and O–H groups in total. The molecule has 0 saturated heterocycles. The van der Waals surface area contributed by atoms with Crippen LogP contribution in [0.25, 0.3) is 22.5 Å². The summed E-state index contributed by atoms with van der Waals surface area (Å²) in [6.07, 6.45) is 0. The molecular weight excluding hydrogens is 258 g/mol. The summed E-state index contributed by atoms with van der Waals surface area (Å²) >= 11 is 0. The average molecular weight is 271 g/mol. The van der Waals surface area contributed by atoms with Crippen molar-refractivity contribution in [1.29, 1.82) is 0 Å². The van der Waals surface area contributed by atoms with Crippen LogP contribution in [0.1, 0.15) is 21.8 Å². The fraction of sp³-hybridized carbons (Fsp3) is 0.214. The van der Waals surface area contributed by atoms with Crippen molar-refractivity contribution < 1.29 is 14.3 Å². The minimum Gasteiger partial charge on any atom is -0.478 e. The fourth-order valence-corrected chi connectivity index (χ4v) is 2.31. The Morgan fingerprint density at radius 3 is 2.70 bits per heavy atom. The van der Waals surface area contributed by atoms with Crippen LogP contribution in [0.5, 0.6) is 0 Å². The maximum absolute atomic E-state index is 11.5. The van der Waals surface area contributed by atoms with Gasteiger partial charge in [-0.3, -0.25) is 4.68 Å². The number of aromatic carboxylic acids is 1. The smallest absolute Gasteiger partial charge is 0.336 e. The van der Waals surface area contributed by atoms with Crippen molar-refractivity contribution in [2.75, 3.05) is 0 Å². The minimum atomic E-state index is -1.00. The number of rotatable bonds is 2. The predicted molar refractivity (Wildman–Crippen MR) is 72.6 cm³/mol. The Kier molecular flexibility index (Phi) is 2.60. The summed E-state index contributed by atoms with van der Waals surface area (Å²) in [4.78, 5) is 15.9. The van der Waals surface area contributed by atoms with E-state index in [0.29, 0.717) is 28.2 Å². The van der Waals surface area contributed by atoms with E-state index in [9.17, 15) is 9.90 Å². The lowest BCUT2D eigenvalue weighted by molar-refractivity contribution is 0.0699. The molecule has 3 aromatic heterocycles. The monoisotopic (exact) mass is 271 g/mol. The van der Waals surface area contributed by atoms with E-state index in [1.807, 2.05) is 13.0 Å². The normalized spacial score (nSPS) is 11.2. The molecule has 6 nitrogen and oxygen atoms in total. The Labute approximate surface area is 114 Å². The number of carboxylic acid groups (broad SMARTS) is 1. The number of carboxylic acids is 1. The van der Waals surface area contributed by atoms with Crippen LogP contribution >= 0.6 is 0 Å². The van der Waals surface area contributed by atoms with Gasteiger partial charge in [-0.2, -0.15) is 5.10 Å². The van der Waals surface area contributed by atoms with Gasteiger partial charge >= 0.3 is 5.97 Å². The fourth-order valence-electron chi connectivity index (χ4n) is 2.31. The number of aryl methyl sites for hydroxylation is 3. The van der Waals surface area contributed by atoms with Crippen molar-refractivity contribution in [2.24, 2.45) is 7.05 Å². The molecule has 0 radical (unpaired) electrons. The molecule has 0 aliphatic heterocycles. The molecule has 0 aliphatic rings. The first-order chi connectivity index (χ1) is 9.47. The molecule has 6 heteroatoms. The van der Waals surface area contributed by atoms with E-state index >= 15 is 0 Å². The number of hydrogen-bond donors (Lipinski definition) is 1. The van der Waals surface area contributed by atoms with Crippen LogP contribution in [-0.4, -0.2) is 25.8 Å². The summed E-state index contributed by atoms with van der Waals surface area (Å²) in [7, 11) is 1.74. The van der Waals surface area contributed by atoms with Crippen molar-refractivity contribution in [2.45, 2.75) is 13.8 Å². The van der Waals surface area contributed by atoms with Crippen LogP contribution in [0.2, 0.25) is 0 Å². The van der Waals surface area contributed by atoms with Gasteiger partial charge in [0.15, 0.2) is 11.4 Å². The highest BCUT2D eigenvalue weighted by molar-refractivity contribution is 6.03. The Balaban J connectivity index is 2.36. The maximum atomic E-state index is 11.5. The van der Waals surface area contributed by atoms with Crippen LogP contribution in [-0.2, 0) is 7.05 Å². The highest BCUT2D eigenvalue weighted by Gasteiger charge is 2.19. The van der Waals surface area contributed by atoms with Gasteiger partial charge in [0.25, 0.3) is 0 Å². The first-order valence-electron chi connectivity index (χ1n) is 6.12. The lowest BCUT2D eigenvalue weighted by atomic mass is 10.1. The van der Waals surface area contributed by atoms with Gasteiger partial charge in [-0.05, 0) is 32.0 Å². The maximum Gasteiger partial charge on any atom is 0.336 e. The van der Waals surface area contributed by atoms with Crippen molar-refractivity contribution in [3.63, 3.8) is 0 Å². The Bertz CT molecular complexity index is 830. The zero-order chi connectivity index (χ0) is 14.4. The van der Waals surface area contributed by atoms with Gasteiger partial charge in [0.1, 0.15) is 11.5 Å². The first-order valence-corrected chi connectivity index (χ1v) is 6.12. The summed E-state index contributed by atoms with van der Waals surface area (Å²) in [6, 6.07) is 5.12. The van der Waals surface area contributed by atoms with E-state index in [1.165, 1.54) is 6.07 Å². The predicted octanol–water partition coefficient (Wildman–Crippen LogP) is 2.54. The van der Waals surface area contributed by atoms with Gasteiger partial charge in [-0.15, -0.1) is 0 Å². The lowest BCUT2D eigenvalue weighted by Gasteiger charge is -2.03. The second kappa shape index (κ2) is 4.19. The minimum absolute atomic E-state index is 0.185. The molecule has 0 bridgehead atoms. The molecule has 3 aromatic rings. The number of pyridine rings is 1. The molecule has 0 atom stereocenters. The topological polar surface area (TPSA) is 81.1 Å². The number of furan rings is 1. The second-order valence-corrected chi connectivity index (χ2v) is 4.68. The molecule has 0 spiro atoms. The van der Waals surface area contributed by atoms with Crippen LogP contribution in [0.3, 0.4) is 0 Å². The van der Waals surface area contributed by atoms with Crippen molar-refractivity contribution >= 4 is 17.0 Å². The third kappa shape index (κ3) is 1.77. The Hall–Kier alpha value is -2.63. The van der Waals surface area contributed by atoms with E-state index in [2.05, 4.69) is 10.1 Å². The van der Waals surface area contributed by atoms with Crippen LogP contribution < -0.4 is 0 Å². The van der Waals surface area contributed by atoms with Gasteiger partial charge in [-0.1, -0.05) is 0 Å². The van der Waals surface area contributed by atoms with Crippen LogP contribution in [0.4, 0.5) is 0 Å². The summed E-state index contributed by atoms with van der Waals surface area (Å²) in [5, 5.41) is 14.2. The van der Waals surface area contributed by atoms with E-state index in [4.69, 9.17) is 4.42 Å². The third-order valence-corrected chi connectivity index (χ3v) is 3.19. The molecule has 3 heterocycles. The first kappa shape index (κ1) is 12.4. The third-order valence-electron chi connectivity index (χ3n) is 3.19. The SMILES string of the molecule is Cc1ccc(-c2cc(C(=O)O)c3c(C)nn(C)c3n2)o1. The van der Waals surface area contributed by atoms with E-state index in [1.54, 1.807) is 24.7 Å². The zero-order valence-corrected chi connectivity index (χ0v) is 11.3. The summed E-state index contributed by atoms with van der Waals surface area (Å²) in [6.45, 7) is 3.60. The molecule has 0 saturated carbocycles. The van der Waals surface area contributed by atoms with Crippen LogP contribution in [0.15, 0.2) is 22.6 Å². The number of aromatic nitrogens is 3. The quantitative estimate of drug-likeness (QED) is 0.774. The highest BCUT2D eigenvalue weighted by atomic mass is 16.4. The summed E-state index contributed by atoms with van der Waals surface area (Å²) in [5.41, 5.74) is 1.86. The molecule has 0 unspecified atom stereocenters. The summed E-state index contributed by atoms with van der Waals surface area (Å²) < 4.78 is 7.09. The summed E-state index contributed by atoms with van der Waals surface area (Å²) in [5.74, 6) is 0.295.